The summed E-state index contributed by atoms with van der Waals surface area (Å²) in [5.41, 5.74) is 2.59. The van der Waals surface area contributed by atoms with Gasteiger partial charge in [-0.15, -0.1) is 0 Å². The summed E-state index contributed by atoms with van der Waals surface area (Å²) >= 11 is 0. The van der Waals surface area contributed by atoms with Crippen LogP contribution in [0.4, 0.5) is 5.69 Å². The molecule has 0 aliphatic heterocycles. The number of aliphatic hydroxyl groups excluding tert-OH is 1. The lowest BCUT2D eigenvalue weighted by Gasteiger charge is -2.12. The highest BCUT2D eigenvalue weighted by Gasteiger charge is 2.14. The van der Waals surface area contributed by atoms with Gasteiger partial charge in [-0.3, -0.25) is 4.79 Å². The van der Waals surface area contributed by atoms with Crippen LogP contribution >= 0.6 is 0 Å². The Balaban J connectivity index is 2.30. The van der Waals surface area contributed by atoms with Crippen molar-refractivity contribution < 1.29 is 9.90 Å². The van der Waals surface area contributed by atoms with Crippen LogP contribution in [0.1, 0.15) is 22.8 Å². The minimum Gasteiger partial charge on any atom is -0.507 e. The number of allylic oxidation sites excluding steroid dienone is 1. The second-order valence-corrected chi connectivity index (χ2v) is 5.11. The quantitative estimate of drug-likeness (QED) is 0.524. The monoisotopic (exact) mass is 281 g/mol. The van der Waals surface area contributed by atoms with Gasteiger partial charge in [0, 0.05) is 36.5 Å². The molecule has 0 radical (unpaired) electrons. The van der Waals surface area contributed by atoms with Crippen LogP contribution < -0.4 is 4.90 Å². The van der Waals surface area contributed by atoms with E-state index in [-0.39, 0.29) is 11.5 Å². The molecule has 0 aromatic heterocycles. The fourth-order valence-electron chi connectivity index (χ4n) is 2.05. The van der Waals surface area contributed by atoms with Gasteiger partial charge in [-0.05, 0) is 31.2 Å². The highest BCUT2D eigenvalue weighted by Crippen LogP contribution is 2.20. The zero-order valence-electron chi connectivity index (χ0n) is 12.5. The number of ketones is 1. The summed E-state index contributed by atoms with van der Waals surface area (Å²) in [6.07, 6.45) is 0. The summed E-state index contributed by atoms with van der Waals surface area (Å²) in [6.45, 7) is 1.64. The largest absolute Gasteiger partial charge is 0.507 e. The molecule has 0 fully saturated rings. The molecule has 21 heavy (non-hydrogen) atoms. The smallest absolute Gasteiger partial charge is 0.192 e. The molecule has 2 aromatic rings. The van der Waals surface area contributed by atoms with Gasteiger partial charge < -0.3 is 10.0 Å². The van der Waals surface area contributed by atoms with E-state index in [2.05, 4.69) is 0 Å². The molecule has 0 spiro atoms. The minimum absolute atomic E-state index is 0.0253. The summed E-state index contributed by atoms with van der Waals surface area (Å²) in [6, 6.07) is 16.4. The van der Waals surface area contributed by atoms with Crippen molar-refractivity contribution in [2.45, 2.75) is 6.92 Å². The zero-order valence-corrected chi connectivity index (χ0v) is 12.5. The zero-order chi connectivity index (χ0) is 15.4. The standard InChI is InChI=1S/C18H19NO2/c1-13(17(20)14-7-5-4-6-8-14)18(21)15-9-11-16(12-10-15)19(2)3/h4-12,20H,1-3H3. The van der Waals surface area contributed by atoms with Crippen LogP contribution in [-0.2, 0) is 0 Å². The number of anilines is 1. The first kappa shape index (κ1) is 14.9. The number of carbonyl (C=O) groups is 1. The van der Waals surface area contributed by atoms with Crippen molar-refractivity contribution in [3.8, 4) is 0 Å². The normalized spacial score (nSPS) is 11.8. The Labute approximate surface area is 125 Å². The average Bonchev–Trinajstić information content (AvgIpc) is 2.53. The molecular formula is C18H19NO2. The Hall–Kier alpha value is -2.55. The predicted molar refractivity (Wildman–Crippen MR) is 86.8 cm³/mol. The molecule has 2 rings (SSSR count). The van der Waals surface area contributed by atoms with E-state index in [1.165, 1.54) is 0 Å². The molecular weight excluding hydrogens is 262 g/mol. The summed E-state index contributed by atoms with van der Waals surface area (Å²) < 4.78 is 0. The Morgan fingerprint density at radius 2 is 1.48 bits per heavy atom. The van der Waals surface area contributed by atoms with E-state index in [9.17, 15) is 9.90 Å². The van der Waals surface area contributed by atoms with Crippen molar-refractivity contribution in [1.29, 1.82) is 0 Å². The molecule has 0 unspecified atom stereocenters. The van der Waals surface area contributed by atoms with Gasteiger partial charge in [-0.1, -0.05) is 30.3 Å². The fourth-order valence-corrected chi connectivity index (χ4v) is 2.05. The van der Waals surface area contributed by atoms with Gasteiger partial charge in [-0.2, -0.15) is 0 Å². The van der Waals surface area contributed by atoms with E-state index in [0.717, 1.165) is 5.69 Å². The van der Waals surface area contributed by atoms with Crippen LogP contribution in [0.3, 0.4) is 0 Å². The van der Waals surface area contributed by atoms with E-state index in [1.54, 1.807) is 31.2 Å². The topological polar surface area (TPSA) is 40.5 Å². The molecule has 0 aliphatic carbocycles. The predicted octanol–water partition coefficient (Wildman–Crippen LogP) is 3.92. The second kappa shape index (κ2) is 6.27. The van der Waals surface area contributed by atoms with E-state index >= 15 is 0 Å². The molecule has 0 bridgehead atoms. The van der Waals surface area contributed by atoms with Crippen molar-refractivity contribution in [3.63, 3.8) is 0 Å². The number of benzene rings is 2. The molecule has 0 saturated heterocycles. The second-order valence-electron chi connectivity index (χ2n) is 5.11. The van der Waals surface area contributed by atoms with Crippen LogP contribution in [0.25, 0.3) is 5.76 Å². The van der Waals surface area contributed by atoms with Gasteiger partial charge in [0.15, 0.2) is 5.78 Å². The lowest BCUT2D eigenvalue weighted by molar-refractivity contribution is 0.103. The third kappa shape index (κ3) is 3.31. The first-order valence-corrected chi connectivity index (χ1v) is 6.78. The van der Waals surface area contributed by atoms with Crippen LogP contribution in [-0.4, -0.2) is 25.0 Å². The van der Waals surface area contributed by atoms with Crippen molar-refractivity contribution in [3.05, 3.63) is 71.3 Å². The highest BCUT2D eigenvalue weighted by atomic mass is 16.3. The van der Waals surface area contributed by atoms with Gasteiger partial charge in [-0.25, -0.2) is 0 Å². The fraction of sp³-hybridized carbons (Fsp3) is 0.167. The third-order valence-electron chi connectivity index (χ3n) is 3.39. The summed E-state index contributed by atoms with van der Waals surface area (Å²) in [5, 5.41) is 10.2. The van der Waals surface area contributed by atoms with Gasteiger partial charge >= 0.3 is 0 Å². The highest BCUT2D eigenvalue weighted by molar-refractivity contribution is 6.12. The number of Topliss-reactive ketones (excluding diaryl/α,β-unsaturated/α-hetero) is 1. The Bertz CT molecular complexity index is 655. The number of carbonyl (C=O) groups excluding carboxylic acids is 1. The van der Waals surface area contributed by atoms with E-state index in [4.69, 9.17) is 0 Å². The summed E-state index contributed by atoms with van der Waals surface area (Å²) in [5.74, 6) is -0.140. The Kier molecular flexibility index (Phi) is 4.43. The molecule has 0 amide bonds. The molecule has 0 saturated carbocycles. The van der Waals surface area contributed by atoms with Crippen molar-refractivity contribution >= 4 is 17.2 Å². The minimum atomic E-state index is -0.165. The van der Waals surface area contributed by atoms with E-state index in [1.807, 2.05) is 49.3 Å². The van der Waals surface area contributed by atoms with Gasteiger partial charge in [0.05, 0.1) is 0 Å². The number of rotatable bonds is 4. The maximum Gasteiger partial charge on any atom is 0.192 e. The molecule has 108 valence electrons. The molecule has 1 N–H and O–H groups in total. The molecule has 2 aromatic carbocycles. The lowest BCUT2D eigenvalue weighted by Crippen LogP contribution is -2.09. The van der Waals surface area contributed by atoms with Crippen molar-refractivity contribution in [2.75, 3.05) is 19.0 Å². The first-order valence-electron chi connectivity index (χ1n) is 6.78. The summed E-state index contributed by atoms with van der Waals surface area (Å²) in [4.78, 5) is 14.4. The molecule has 0 aliphatic rings. The van der Waals surface area contributed by atoms with Crippen LogP contribution in [0, 0.1) is 0 Å². The van der Waals surface area contributed by atoms with E-state index < -0.39 is 0 Å². The van der Waals surface area contributed by atoms with Crippen LogP contribution in [0.5, 0.6) is 0 Å². The van der Waals surface area contributed by atoms with E-state index in [0.29, 0.717) is 16.7 Å². The number of hydrogen-bond acceptors (Lipinski definition) is 3. The number of hydrogen-bond donors (Lipinski definition) is 1. The molecule has 0 heterocycles. The molecule has 0 atom stereocenters. The summed E-state index contributed by atoms with van der Waals surface area (Å²) in [7, 11) is 3.90. The van der Waals surface area contributed by atoms with Crippen LogP contribution in [0.15, 0.2) is 60.2 Å². The maximum atomic E-state index is 12.4. The third-order valence-corrected chi connectivity index (χ3v) is 3.39. The van der Waals surface area contributed by atoms with Gasteiger partial charge in [0.1, 0.15) is 5.76 Å². The average molecular weight is 281 g/mol. The van der Waals surface area contributed by atoms with Crippen molar-refractivity contribution in [1.82, 2.24) is 0 Å². The Morgan fingerprint density at radius 3 is 2.00 bits per heavy atom. The number of aliphatic hydroxyl groups is 1. The SMILES string of the molecule is CC(C(=O)c1ccc(N(C)C)cc1)=C(O)c1ccccc1. The van der Waals surface area contributed by atoms with Gasteiger partial charge in [0.25, 0.3) is 0 Å². The molecule has 3 nitrogen and oxygen atoms in total. The lowest BCUT2D eigenvalue weighted by atomic mass is 10.0. The number of nitrogens with zero attached hydrogens (tertiary/aromatic N) is 1. The maximum absolute atomic E-state index is 12.4. The van der Waals surface area contributed by atoms with Crippen LogP contribution in [0.2, 0.25) is 0 Å². The van der Waals surface area contributed by atoms with Gasteiger partial charge in [0.2, 0.25) is 0 Å². The molecule has 3 heteroatoms. The Morgan fingerprint density at radius 1 is 0.905 bits per heavy atom. The first-order chi connectivity index (χ1) is 10.0. The van der Waals surface area contributed by atoms with Crippen molar-refractivity contribution in [2.24, 2.45) is 0 Å².